The highest BCUT2D eigenvalue weighted by Gasteiger charge is 2.14. The Bertz CT molecular complexity index is 622. The molecule has 0 aliphatic heterocycles. The molecule has 0 aliphatic carbocycles. The third kappa shape index (κ3) is 2.90. The summed E-state index contributed by atoms with van der Waals surface area (Å²) < 4.78 is 18.4. The Morgan fingerprint density at radius 3 is 2.75 bits per heavy atom. The second-order valence-corrected chi connectivity index (χ2v) is 4.57. The van der Waals surface area contributed by atoms with E-state index in [4.69, 9.17) is 22.1 Å². The number of rotatable bonds is 4. The van der Waals surface area contributed by atoms with Gasteiger partial charge in [0.05, 0.1) is 17.8 Å². The quantitative estimate of drug-likeness (QED) is 0.910. The summed E-state index contributed by atoms with van der Waals surface area (Å²) in [7, 11) is 1.50. The van der Waals surface area contributed by atoms with Crippen LogP contribution >= 0.6 is 11.6 Å². The maximum Gasteiger partial charge on any atom is 0.145 e. The first kappa shape index (κ1) is 14.7. The SMILES string of the molecule is COc1ccc(C(O)CN)nc1-c1ccc(F)c(Cl)c1. The predicted molar refractivity (Wildman–Crippen MR) is 75.2 cm³/mol. The molecule has 1 unspecified atom stereocenters. The largest absolute Gasteiger partial charge is 0.494 e. The molecule has 6 heteroatoms. The molecule has 0 bridgehead atoms. The molecule has 1 atom stereocenters. The van der Waals surface area contributed by atoms with Crippen LogP contribution in [0.5, 0.6) is 5.75 Å². The van der Waals surface area contributed by atoms with Crippen LogP contribution in [0.3, 0.4) is 0 Å². The maximum atomic E-state index is 13.2. The van der Waals surface area contributed by atoms with Crippen LogP contribution in [0.1, 0.15) is 11.8 Å². The van der Waals surface area contributed by atoms with Crippen molar-refractivity contribution in [3.05, 3.63) is 46.9 Å². The lowest BCUT2D eigenvalue weighted by Crippen LogP contribution is -2.13. The van der Waals surface area contributed by atoms with Crippen molar-refractivity contribution in [2.24, 2.45) is 5.73 Å². The third-order valence-corrected chi connectivity index (χ3v) is 3.15. The Labute approximate surface area is 121 Å². The van der Waals surface area contributed by atoms with Crippen molar-refractivity contribution in [1.29, 1.82) is 0 Å². The van der Waals surface area contributed by atoms with E-state index < -0.39 is 11.9 Å². The zero-order valence-electron chi connectivity index (χ0n) is 10.8. The van der Waals surface area contributed by atoms with Gasteiger partial charge in [0.25, 0.3) is 0 Å². The molecule has 0 saturated carbocycles. The van der Waals surface area contributed by atoms with Gasteiger partial charge in [0.1, 0.15) is 23.4 Å². The first-order valence-corrected chi connectivity index (χ1v) is 6.33. The molecule has 0 spiro atoms. The van der Waals surface area contributed by atoms with E-state index >= 15 is 0 Å². The van der Waals surface area contributed by atoms with E-state index in [-0.39, 0.29) is 11.6 Å². The second-order valence-electron chi connectivity index (χ2n) is 4.17. The van der Waals surface area contributed by atoms with Gasteiger partial charge in [-0.3, -0.25) is 0 Å². The molecule has 0 radical (unpaired) electrons. The lowest BCUT2D eigenvalue weighted by atomic mass is 10.1. The molecule has 0 aliphatic rings. The number of nitrogens with two attached hydrogens (primary N) is 1. The minimum atomic E-state index is -0.865. The summed E-state index contributed by atoms with van der Waals surface area (Å²) in [5.74, 6) is -0.00632. The first-order chi connectivity index (χ1) is 9.56. The molecule has 0 saturated heterocycles. The van der Waals surface area contributed by atoms with Gasteiger partial charge in [-0.1, -0.05) is 11.6 Å². The fraction of sp³-hybridized carbons (Fsp3) is 0.214. The molecule has 3 N–H and O–H groups in total. The number of ether oxygens (including phenoxy) is 1. The van der Waals surface area contributed by atoms with Gasteiger partial charge in [0, 0.05) is 12.1 Å². The summed E-state index contributed by atoms with van der Waals surface area (Å²) in [4.78, 5) is 4.32. The van der Waals surface area contributed by atoms with Crippen LogP contribution in [-0.4, -0.2) is 23.7 Å². The lowest BCUT2D eigenvalue weighted by Gasteiger charge is -2.13. The molecule has 20 heavy (non-hydrogen) atoms. The van der Waals surface area contributed by atoms with E-state index in [1.54, 1.807) is 18.2 Å². The first-order valence-electron chi connectivity index (χ1n) is 5.95. The van der Waals surface area contributed by atoms with E-state index in [1.165, 1.54) is 19.2 Å². The van der Waals surface area contributed by atoms with Crippen molar-refractivity contribution in [1.82, 2.24) is 4.98 Å². The minimum Gasteiger partial charge on any atom is -0.494 e. The Morgan fingerprint density at radius 2 is 2.15 bits per heavy atom. The number of pyridine rings is 1. The number of hydrogen-bond acceptors (Lipinski definition) is 4. The summed E-state index contributed by atoms with van der Waals surface area (Å²) in [6.45, 7) is 0.0585. The van der Waals surface area contributed by atoms with Gasteiger partial charge < -0.3 is 15.6 Å². The van der Waals surface area contributed by atoms with E-state index in [9.17, 15) is 9.50 Å². The van der Waals surface area contributed by atoms with Gasteiger partial charge in [-0.15, -0.1) is 0 Å². The molecular weight excluding hydrogens is 283 g/mol. The molecule has 0 amide bonds. The maximum absolute atomic E-state index is 13.2. The van der Waals surface area contributed by atoms with Crippen LogP contribution in [0.4, 0.5) is 4.39 Å². The van der Waals surface area contributed by atoms with Crippen molar-refractivity contribution in [3.63, 3.8) is 0 Å². The number of aromatic nitrogens is 1. The average Bonchev–Trinajstić information content (AvgIpc) is 2.48. The zero-order valence-corrected chi connectivity index (χ0v) is 11.6. The Morgan fingerprint density at radius 1 is 1.40 bits per heavy atom. The fourth-order valence-electron chi connectivity index (χ4n) is 1.78. The molecule has 1 heterocycles. The van der Waals surface area contributed by atoms with Gasteiger partial charge in [0.15, 0.2) is 0 Å². The summed E-state index contributed by atoms with van der Waals surface area (Å²) in [6, 6.07) is 7.56. The molecule has 2 aromatic rings. The van der Waals surface area contributed by atoms with E-state index in [2.05, 4.69) is 4.98 Å². The summed E-state index contributed by atoms with van der Waals surface area (Å²) in [5.41, 5.74) is 6.90. The number of halogens is 2. The van der Waals surface area contributed by atoms with E-state index in [0.29, 0.717) is 22.7 Å². The highest BCUT2D eigenvalue weighted by molar-refractivity contribution is 6.31. The Balaban J connectivity index is 2.54. The van der Waals surface area contributed by atoms with E-state index in [1.807, 2.05) is 0 Å². The second kappa shape index (κ2) is 6.17. The van der Waals surface area contributed by atoms with Gasteiger partial charge in [-0.2, -0.15) is 0 Å². The van der Waals surface area contributed by atoms with Crippen LogP contribution in [0.25, 0.3) is 11.3 Å². The smallest absolute Gasteiger partial charge is 0.145 e. The van der Waals surface area contributed by atoms with Crippen LogP contribution in [0.15, 0.2) is 30.3 Å². The molecule has 4 nitrogen and oxygen atoms in total. The van der Waals surface area contributed by atoms with Gasteiger partial charge in [-0.25, -0.2) is 9.37 Å². The molecule has 1 aromatic carbocycles. The van der Waals surface area contributed by atoms with Crippen molar-refractivity contribution in [3.8, 4) is 17.0 Å². The number of hydrogen-bond donors (Lipinski definition) is 2. The van der Waals surface area contributed by atoms with E-state index in [0.717, 1.165) is 0 Å². The van der Waals surface area contributed by atoms with Crippen molar-refractivity contribution < 1.29 is 14.2 Å². The van der Waals surface area contributed by atoms with Crippen molar-refractivity contribution >= 4 is 11.6 Å². The lowest BCUT2D eigenvalue weighted by molar-refractivity contribution is 0.182. The zero-order chi connectivity index (χ0) is 14.7. The predicted octanol–water partition coefficient (Wildman–Crippen LogP) is 2.54. The van der Waals surface area contributed by atoms with Crippen LogP contribution in [0.2, 0.25) is 5.02 Å². The normalized spacial score (nSPS) is 12.2. The number of methoxy groups -OCH3 is 1. The molecule has 106 valence electrons. The molecule has 2 rings (SSSR count). The van der Waals surface area contributed by atoms with Crippen molar-refractivity contribution in [2.45, 2.75) is 6.10 Å². The summed E-state index contributed by atoms with van der Waals surface area (Å²) in [5, 5.41) is 9.74. The van der Waals surface area contributed by atoms with Crippen LogP contribution < -0.4 is 10.5 Å². The molecule has 1 aromatic heterocycles. The minimum absolute atomic E-state index is 0.00358. The topological polar surface area (TPSA) is 68.4 Å². The van der Waals surface area contributed by atoms with Gasteiger partial charge in [0.2, 0.25) is 0 Å². The highest BCUT2D eigenvalue weighted by Crippen LogP contribution is 2.31. The number of aliphatic hydroxyl groups excluding tert-OH is 1. The molecule has 0 fully saturated rings. The monoisotopic (exact) mass is 296 g/mol. The Kier molecular flexibility index (Phi) is 4.54. The molecular formula is C14H14ClFN2O2. The third-order valence-electron chi connectivity index (χ3n) is 2.86. The number of aliphatic hydroxyl groups is 1. The standard InChI is InChI=1S/C14H14ClFN2O2/c1-20-13-5-4-11(12(19)7-17)18-14(13)8-2-3-10(16)9(15)6-8/h2-6,12,19H,7,17H2,1H3. The summed E-state index contributed by atoms with van der Waals surface area (Å²) >= 11 is 5.78. The summed E-state index contributed by atoms with van der Waals surface area (Å²) in [6.07, 6.45) is -0.865. The fourth-order valence-corrected chi connectivity index (χ4v) is 1.96. The average molecular weight is 297 g/mol. The highest BCUT2D eigenvalue weighted by atomic mass is 35.5. The van der Waals surface area contributed by atoms with Crippen LogP contribution in [0, 0.1) is 5.82 Å². The van der Waals surface area contributed by atoms with Crippen molar-refractivity contribution in [2.75, 3.05) is 13.7 Å². The number of benzene rings is 1. The Hall–Kier alpha value is -1.69. The van der Waals surface area contributed by atoms with Crippen LogP contribution in [-0.2, 0) is 0 Å². The van der Waals surface area contributed by atoms with Gasteiger partial charge in [-0.05, 0) is 30.3 Å². The van der Waals surface area contributed by atoms with Gasteiger partial charge >= 0.3 is 0 Å². The number of nitrogens with zero attached hydrogens (tertiary/aromatic N) is 1.